The number of rotatable bonds is 5. The number of methoxy groups -OCH3 is 1. The Balaban J connectivity index is 2.16. The highest BCUT2D eigenvalue weighted by Gasteiger charge is 2.48. The number of aliphatic hydroxyl groups is 1. The van der Waals surface area contributed by atoms with Gasteiger partial charge in [0.1, 0.15) is 0 Å². The average molecular weight is 323 g/mol. The zero-order chi connectivity index (χ0) is 17.3. The van der Waals surface area contributed by atoms with Crippen molar-refractivity contribution in [3.8, 4) is 0 Å². The maximum absolute atomic E-state index is 12.9. The number of nitrogens with zero attached hydrogens (tertiary/aromatic N) is 3. The van der Waals surface area contributed by atoms with Crippen molar-refractivity contribution in [1.29, 1.82) is 0 Å². The van der Waals surface area contributed by atoms with E-state index in [2.05, 4.69) is 12.0 Å². The van der Waals surface area contributed by atoms with Crippen LogP contribution in [-0.4, -0.2) is 58.1 Å². The molecule has 2 heterocycles. The van der Waals surface area contributed by atoms with Gasteiger partial charge in [-0.1, -0.05) is 20.8 Å². The number of amides is 1. The summed E-state index contributed by atoms with van der Waals surface area (Å²) in [5, 5.41) is 15.2. The normalized spacial score (nSPS) is 24.0. The van der Waals surface area contributed by atoms with Crippen LogP contribution in [0.2, 0.25) is 0 Å². The molecular weight excluding hydrogens is 294 g/mol. The molecule has 1 N–H and O–H groups in total. The van der Waals surface area contributed by atoms with Gasteiger partial charge in [-0.05, 0) is 19.8 Å². The Bertz CT molecular complexity index is 567. The summed E-state index contributed by atoms with van der Waals surface area (Å²) >= 11 is 0. The summed E-state index contributed by atoms with van der Waals surface area (Å²) in [5.41, 5.74) is 0.0925. The highest BCUT2D eigenvalue weighted by molar-refractivity contribution is 5.95. The lowest BCUT2D eigenvalue weighted by Crippen LogP contribution is -2.60. The number of aromatic nitrogens is 2. The van der Waals surface area contributed by atoms with Crippen molar-refractivity contribution in [1.82, 2.24) is 14.7 Å². The number of carbonyl (C=O) groups is 1. The Labute approximate surface area is 138 Å². The van der Waals surface area contributed by atoms with E-state index >= 15 is 0 Å². The maximum atomic E-state index is 12.9. The Morgan fingerprint density at radius 3 is 2.74 bits per heavy atom. The first kappa shape index (κ1) is 17.9. The fourth-order valence-electron chi connectivity index (χ4n) is 3.28. The molecule has 1 amide bonds. The molecule has 1 aromatic heterocycles. The van der Waals surface area contributed by atoms with Gasteiger partial charge < -0.3 is 14.7 Å². The number of piperidine rings is 1. The van der Waals surface area contributed by atoms with Crippen LogP contribution in [0, 0.1) is 12.3 Å². The van der Waals surface area contributed by atoms with Crippen molar-refractivity contribution in [2.24, 2.45) is 5.41 Å². The van der Waals surface area contributed by atoms with Crippen LogP contribution >= 0.6 is 0 Å². The minimum atomic E-state index is -0.903. The van der Waals surface area contributed by atoms with Crippen molar-refractivity contribution in [2.75, 3.05) is 26.8 Å². The molecule has 6 nitrogen and oxygen atoms in total. The molecule has 0 aromatic carbocycles. The Morgan fingerprint density at radius 2 is 2.17 bits per heavy atom. The zero-order valence-electron chi connectivity index (χ0n) is 14.9. The molecule has 23 heavy (non-hydrogen) atoms. The van der Waals surface area contributed by atoms with E-state index in [1.165, 1.54) is 0 Å². The number of likely N-dealkylation sites (tertiary alicyclic amines) is 1. The average Bonchev–Trinajstić information content (AvgIpc) is 2.83. The second kappa shape index (κ2) is 6.61. The smallest absolute Gasteiger partial charge is 0.257 e. The lowest BCUT2D eigenvalue weighted by molar-refractivity contribution is -0.144. The molecule has 1 fully saturated rings. The van der Waals surface area contributed by atoms with E-state index in [0.717, 1.165) is 18.7 Å². The predicted molar refractivity (Wildman–Crippen MR) is 88.4 cm³/mol. The molecule has 0 bridgehead atoms. The molecule has 1 aliphatic rings. The van der Waals surface area contributed by atoms with Crippen LogP contribution in [0.15, 0.2) is 6.20 Å². The Kier molecular flexibility index (Phi) is 5.16. The molecule has 2 rings (SSSR count). The number of hydrogen-bond donors (Lipinski definition) is 1. The molecule has 130 valence electrons. The van der Waals surface area contributed by atoms with E-state index in [-0.39, 0.29) is 12.5 Å². The molecule has 1 atom stereocenters. The molecule has 0 aliphatic carbocycles. The Hall–Kier alpha value is -1.40. The molecule has 1 saturated heterocycles. The van der Waals surface area contributed by atoms with Crippen LogP contribution in [0.4, 0.5) is 0 Å². The lowest BCUT2D eigenvalue weighted by Gasteiger charge is -2.49. The topological polar surface area (TPSA) is 67.6 Å². The second-order valence-electron chi connectivity index (χ2n) is 7.22. The molecule has 0 spiro atoms. The van der Waals surface area contributed by atoms with Crippen LogP contribution in [0.3, 0.4) is 0 Å². The van der Waals surface area contributed by atoms with Gasteiger partial charge in [-0.2, -0.15) is 5.10 Å². The van der Waals surface area contributed by atoms with Gasteiger partial charge >= 0.3 is 0 Å². The van der Waals surface area contributed by atoms with E-state index in [4.69, 9.17) is 4.74 Å². The van der Waals surface area contributed by atoms with E-state index < -0.39 is 11.0 Å². The predicted octanol–water partition coefficient (Wildman–Crippen LogP) is 1.85. The number of aryl methyl sites for hydroxylation is 2. The van der Waals surface area contributed by atoms with Gasteiger partial charge in [0.25, 0.3) is 5.91 Å². The zero-order valence-corrected chi connectivity index (χ0v) is 14.9. The van der Waals surface area contributed by atoms with Crippen LogP contribution in [-0.2, 0) is 11.3 Å². The third-order valence-corrected chi connectivity index (χ3v) is 4.94. The molecule has 0 radical (unpaired) electrons. The van der Waals surface area contributed by atoms with Crippen LogP contribution < -0.4 is 0 Å². The highest BCUT2D eigenvalue weighted by atomic mass is 16.5. The fourth-order valence-corrected chi connectivity index (χ4v) is 3.28. The van der Waals surface area contributed by atoms with E-state index in [1.54, 1.807) is 7.11 Å². The van der Waals surface area contributed by atoms with Gasteiger partial charge in [0, 0.05) is 38.4 Å². The minimum Gasteiger partial charge on any atom is -0.387 e. The van der Waals surface area contributed by atoms with Crippen molar-refractivity contribution >= 4 is 5.91 Å². The molecular formula is C17H29N3O3. The van der Waals surface area contributed by atoms with Gasteiger partial charge in [-0.25, -0.2) is 0 Å². The molecule has 6 heteroatoms. The molecule has 1 aromatic rings. The van der Waals surface area contributed by atoms with Gasteiger partial charge in [0.15, 0.2) is 0 Å². The highest BCUT2D eigenvalue weighted by Crippen LogP contribution is 2.39. The van der Waals surface area contributed by atoms with E-state index in [9.17, 15) is 9.90 Å². The summed E-state index contributed by atoms with van der Waals surface area (Å²) in [6, 6.07) is 0. The third kappa shape index (κ3) is 3.43. The van der Waals surface area contributed by atoms with Crippen molar-refractivity contribution in [3.05, 3.63) is 17.5 Å². The summed E-state index contributed by atoms with van der Waals surface area (Å²) in [6.07, 6.45) is 3.33. The van der Waals surface area contributed by atoms with Crippen LogP contribution in [0.25, 0.3) is 0 Å². The molecule has 0 saturated carbocycles. The monoisotopic (exact) mass is 323 g/mol. The van der Waals surface area contributed by atoms with Crippen molar-refractivity contribution in [3.63, 3.8) is 0 Å². The quantitative estimate of drug-likeness (QED) is 0.898. The van der Waals surface area contributed by atoms with Crippen LogP contribution in [0.5, 0.6) is 0 Å². The fraction of sp³-hybridized carbons (Fsp3) is 0.765. The summed E-state index contributed by atoms with van der Waals surface area (Å²) in [4.78, 5) is 14.7. The van der Waals surface area contributed by atoms with E-state index in [1.807, 2.05) is 36.5 Å². The molecule has 1 aliphatic heterocycles. The van der Waals surface area contributed by atoms with E-state index in [0.29, 0.717) is 25.1 Å². The Morgan fingerprint density at radius 1 is 1.48 bits per heavy atom. The first-order valence-corrected chi connectivity index (χ1v) is 8.29. The second-order valence-corrected chi connectivity index (χ2v) is 7.22. The summed E-state index contributed by atoms with van der Waals surface area (Å²) in [5.74, 6) is -0.00241. The van der Waals surface area contributed by atoms with Gasteiger partial charge in [-0.3, -0.25) is 9.48 Å². The maximum Gasteiger partial charge on any atom is 0.257 e. The third-order valence-electron chi connectivity index (χ3n) is 4.94. The first-order chi connectivity index (χ1) is 10.7. The largest absolute Gasteiger partial charge is 0.387 e. The minimum absolute atomic E-state index is 0.00241. The summed E-state index contributed by atoms with van der Waals surface area (Å²) in [7, 11) is 1.59. The van der Waals surface area contributed by atoms with Gasteiger partial charge in [-0.15, -0.1) is 0 Å². The first-order valence-electron chi connectivity index (χ1n) is 8.29. The summed E-state index contributed by atoms with van der Waals surface area (Å²) < 4.78 is 7.02. The van der Waals surface area contributed by atoms with Gasteiger partial charge in [0.2, 0.25) is 0 Å². The van der Waals surface area contributed by atoms with Crippen LogP contribution in [0.1, 0.15) is 49.7 Å². The van der Waals surface area contributed by atoms with Crippen molar-refractivity contribution in [2.45, 2.75) is 52.7 Å². The lowest BCUT2D eigenvalue weighted by atomic mass is 9.70. The number of carbonyl (C=O) groups excluding carboxylic acids is 1. The van der Waals surface area contributed by atoms with Crippen molar-refractivity contribution < 1.29 is 14.6 Å². The van der Waals surface area contributed by atoms with Gasteiger partial charge in [0.05, 0.1) is 23.5 Å². The molecule has 0 unspecified atom stereocenters. The standard InChI is InChI=1S/C17H29N3O3/c1-6-8-20-10-14(13(2)18-20)15(21)19-9-7-17(22,12-23-5)16(3,4)11-19/h10,22H,6-9,11-12H2,1-5H3/t17-/m1/s1. The number of hydrogen-bond acceptors (Lipinski definition) is 4. The SMILES string of the molecule is CCCn1cc(C(=O)N2CC[C@@](O)(COC)C(C)(C)C2)c(C)n1. The summed E-state index contributed by atoms with van der Waals surface area (Å²) in [6.45, 7) is 10.1. The number of ether oxygens (including phenoxy) is 1.